The van der Waals surface area contributed by atoms with Gasteiger partial charge in [-0.3, -0.25) is 13.8 Å². The number of esters is 1. The van der Waals surface area contributed by atoms with E-state index in [0.29, 0.717) is 6.61 Å². The van der Waals surface area contributed by atoms with Crippen LogP contribution in [0.5, 0.6) is 0 Å². The highest BCUT2D eigenvalue weighted by atomic mass is 31.2. The first-order chi connectivity index (χ1) is 12.2. The fraction of sp³-hybridized carbons (Fsp3) is 0.625. The zero-order valence-electron chi connectivity index (χ0n) is 14.7. The molecule has 1 aromatic heterocycles. The van der Waals surface area contributed by atoms with Crippen molar-refractivity contribution in [1.29, 1.82) is 0 Å². The lowest BCUT2D eigenvalue weighted by Crippen LogP contribution is -2.46. The summed E-state index contributed by atoms with van der Waals surface area (Å²) >= 11 is 0. The van der Waals surface area contributed by atoms with Crippen LogP contribution in [0.3, 0.4) is 0 Å². The van der Waals surface area contributed by atoms with Gasteiger partial charge >= 0.3 is 13.6 Å². The number of unbranched alkanes of at least 4 members (excludes halogenated alkanes) is 2. The van der Waals surface area contributed by atoms with Gasteiger partial charge in [-0.1, -0.05) is 19.8 Å². The van der Waals surface area contributed by atoms with Crippen molar-refractivity contribution in [3.8, 4) is 0 Å². The number of hydrogen-bond donors (Lipinski definition) is 3. The zero-order chi connectivity index (χ0) is 19.3. The van der Waals surface area contributed by atoms with Crippen molar-refractivity contribution in [3.63, 3.8) is 0 Å². The molecule has 0 aromatic carbocycles. The quantitative estimate of drug-likeness (QED) is 0.257. The van der Waals surface area contributed by atoms with Crippen LogP contribution in [-0.2, 0) is 18.6 Å². The molecule has 2 heterocycles. The molecule has 1 aliphatic heterocycles. The van der Waals surface area contributed by atoms with E-state index in [1.54, 1.807) is 12.1 Å². The smallest absolute Gasteiger partial charge is 0.344 e. The maximum absolute atomic E-state index is 12.1. The number of aromatic nitrogens is 1. The molecule has 146 valence electrons. The molecule has 2 rings (SSSR count). The van der Waals surface area contributed by atoms with Crippen molar-refractivity contribution in [2.45, 2.75) is 50.9 Å². The number of carbonyl (C=O) groups excluding carboxylic acids is 1. The molecule has 1 aliphatic rings. The Hall–Kier alpha value is -1.35. The maximum atomic E-state index is 12.1. The van der Waals surface area contributed by atoms with Crippen molar-refractivity contribution in [2.75, 3.05) is 13.3 Å². The molecule has 0 radical (unpaired) electrons. The van der Waals surface area contributed by atoms with Crippen LogP contribution in [0, 0.1) is 0 Å². The van der Waals surface area contributed by atoms with Crippen molar-refractivity contribution in [2.24, 2.45) is 0 Å². The molecular weight excluding hydrogens is 365 g/mol. The monoisotopic (exact) mass is 390 g/mol. The Morgan fingerprint density at radius 3 is 2.73 bits per heavy atom. The van der Waals surface area contributed by atoms with E-state index in [9.17, 15) is 24.5 Å². The van der Waals surface area contributed by atoms with Gasteiger partial charge in [-0.05, 0) is 12.5 Å². The van der Waals surface area contributed by atoms with Crippen LogP contribution in [0.25, 0.3) is 0 Å². The summed E-state index contributed by atoms with van der Waals surface area (Å²) in [6.07, 6.45) is 0.228. The minimum Gasteiger partial charge on any atom is -0.462 e. The van der Waals surface area contributed by atoms with Gasteiger partial charge in [-0.2, -0.15) is 4.57 Å². The first-order valence-electron chi connectivity index (χ1n) is 8.41. The standard InChI is InChI=1S/C16H24NO8P/c1-3-4-5-9-23-15(20)11-7-6-8-17(10-11)14-12(18)13(19)16(24-14)25-26(2,21)22/h6-8,10,12-14,16,18-19H,3-5,9H2,1-2H3/p+1/t12-,13+,14+,16+/m0/s1. The molecule has 0 amide bonds. The van der Waals surface area contributed by atoms with Crippen molar-refractivity contribution >= 4 is 13.6 Å². The number of ether oxygens (including phenoxy) is 2. The van der Waals surface area contributed by atoms with Gasteiger partial charge in [0.15, 0.2) is 18.5 Å². The van der Waals surface area contributed by atoms with Gasteiger partial charge in [0.05, 0.1) is 6.61 Å². The number of carbonyl (C=O) groups is 1. The lowest BCUT2D eigenvalue weighted by molar-refractivity contribution is -0.767. The Bertz CT molecular complexity index is 663. The van der Waals surface area contributed by atoms with E-state index >= 15 is 0 Å². The van der Waals surface area contributed by atoms with Crippen LogP contribution >= 0.6 is 7.60 Å². The normalized spacial score (nSPS) is 27.9. The summed E-state index contributed by atoms with van der Waals surface area (Å²) in [5.41, 5.74) is 0.252. The molecule has 5 atom stereocenters. The first-order valence-corrected chi connectivity index (χ1v) is 10.4. The van der Waals surface area contributed by atoms with E-state index in [4.69, 9.17) is 14.0 Å². The van der Waals surface area contributed by atoms with Crippen LogP contribution in [0.1, 0.15) is 42.8 Å². The Morgan fingerprint density at radius 2 is 2.08 bits per heavy atom. The van der Waals surface area contributed by atoms with E-state index in [-0.39, 0.29) is 5.56 Å². The fourth-order valence-electron chi connectivity index (χ4n) is 2.53. The summed E-state index contributed by atoms with van der Waals surface area (Å²) in [4.78, 5) is 21.4. The molecule has 1 aromatic rings. The molecule has 0 bridgehead atoms. The summed E-state index contributed by atoms with van der Waals surface area (Å²) in [6, 6.07) is 3.12. The van der Waals surface area contributed by atoms with Gasteiger partial charge < -0.3 is 19.8 Å². The highest BCUT2D eigenvalue weighted by Gasteiger charge is 2.50. The number of pyridine rings is 1. The summed E-state index contributed by atoms with van der Waals surface area (Å²) in [7, 11) is -3.92. The largest absolute Gasteiger partial charge is 0.462 e. The Morgan fingerprint density at radius 1 is 1.35 bits per heavy atom. The molecule has 0 spiro atoms. The molecule has 9 nitrogen and oxygen atoms in total. The SMILES string of the molecule is CCCCCOC(=O)c1ccc[n+]([C@@H]2O[C@H](OP(C)(=O)O)[C@H](O)[C@@H]2O)c1. The second-order valence-corrected chi connectivity index (χ2v) is 7.98. The third kappa shape index (κ3) is 5.57. The Balaban J connectivity index is 2.07. The third-order valence-electron chi connectivity index (χ3n) is 3.83. The zero-order valence-corrected chi connectivity index (χ0v) is 15.6. The molecule has 0 saturated carbocycles. The van der Waals surface area contributed by atoms with E-state index < -0.39 is 38.3 Å². The molecule has 1 saturated heterocycles. The molecule has 26 heavy (non-hydrogen) atoms. The van der Waals surface area contributed by atoms with Crippen molar-refractivity contribution in [1.82, 2.24) is 0 Å². The average Bonchev–Trinajstić information content (AvgIpc) is 2.85. The van der Waals surface area contributed by atoms with Crippen LogP contribution in [0.4, 0.5) is 0 Å². The van der Waals surface area contributed by atoms with Crippen LogP contribution < -0.4 is 4.57 Å². The number of aliphatic hydroxyl groups is 2. The lowest BCUT2D eigenvalue weighted by Gasteiger charge is -2.15. The van der Waals surface area contributed by atoms with Crippen molar-refractivity contribution < 1.29 is 43.0 Å². The van der Waals surface area contributed by atoms with E-state index in [2.05, 4.69) is 6.92 Å². The fourth-order valence-corrected chi connectivity index (χ4v) is 3.09. The van der Waals surface area contributed by atoms with Gasteiger partial charge in [0.2, 0.25) is 6.29 Å². The number of hydrogen-bond acceptors (Lipinski definition) is 7. The lowest BCUT2D eigenvalue weighted by atomic mass is 10.2. The summed E-state index contributed by atoms with van der Waals surface area (Å²) < 4.78 is 28.0. The Labute approximate surface area is 151 Å². The topological polar surface area (TPSA) is 126 Å². The molecule has 1 unspecified atom stereocenters. The third-order valence-corrected chi connectivity index (χ3v) is 4.43. The van der Waals surface area contributed by atoms with E-state index in [1.807, 2.05) is 0 Å². The molecule has 3 N–H and O–H groups in total. The van der Waals surface area contributed by atoms with Gasteiger partial charge in [-0.15, -0.1) is 0 Å². The van der Waals surface area contributed by atoms with E-state index in [1.165, 1.54) is 17.0 Å². The highest BCUT2D eigenvalue weighted by Crippen LogP contribution is 2.42. The summed E-state index contributed by atoms with van der Waals surface area (Å²) in [6.45, 7) is 3.32. The van der Waals surface area contributed by atoms with Crippen LogP contribution in [0.2, 0.25) is 0 Å². The number of nitrogens with zero attached hydrogens (tertiary/aromatic N) is 1. The van der Waals surface area contributed by atoms with Gasteiger partial charge in [-0.25, -0.2) is 4.79 Å². The summed E-state index contributed by atoms with van der Waals surface area (Å²) in [5, 5.41) is 20.1. The van der Waals surface area contributed by atoms with E-state index in [0.717, 1.165) is 25.9 Å². The average molecular weight is 390 g/mol. The van der Waals surface area contributed by atoms with Crippen LogP contribution in [-0.4, -0.2) is 52.8 Å². The minimum atomic E-state index is -3.92. The van der Waals surface area contributed by atoms with Gasteiger partial charge in [0, 0.05) is 12.7 Å². The second-order valence-electron chi connectivity index (χ2n) is 6.17. The predicted molar refractivity (Wildman–Crippen MR) is 89.2 cm³/mol. The predicted octanol–water partition coefficient (Wildman–Crippen LogP) is 0.730. The molecule has 1 fully saturated rings. The number of rotatable bonds is 8. The molecule has 0 aliphatic carbocycles. The maximum Gasteiger partial charge on any atom is 0.344 e. The second kappa shape index (κ2) is 9.03. The van der Waals surface area contributed by atoms with Crippen LogP contribution in [0.15, 0.2) is 24.5 Å². The number of aliphatic hydroxyl groups excluding tert-OH is 2. The summed E-state index contributed by atoms with van der Waals surface area (Å²) in [5.74, 6) is -0.510. The van der Waals surface area contributed by atoms with Gasteiger partial charge in [0.25, 0.3) is 6.23 Å². The van der Waals surface area contributed by atoms with Gasteiger partial charge in [0.1, 0.15) is 11.7 Å². The Kier molecular flexibility index (Phi) is 7.28. The molecular formula is C16H25NO8P+. The minimum absolute atomic E-state index is 0.252. The molecule has 10 heteroatoms. The first kappa shape index (κ1) is 21.0. The van der Waals surface area contributed by atoms with Crippen molar-refractivity contribution in [3.05, 3.63) is 30.1 Å². The highest BCUT2D eigenvalue weighted by molar-refractivity contribution is 7.51.